The van der Waals surface area contributed by atoms with Gasteiger partial charge in [0.2, 0.25) is 0 Å². The summed E-state index contributed by atoms with van der Waals surface area (Å²) < 4.78 is 1.14. The van der Waals surface area contributed by atoms with Crippen molar-refractivity contribution in [3.8, 4) is 5.75 Å². The van der Waals surface area contributed by atoms with Gasteiger partial charge < -0.3 is 10.4 Å². The summed E-state index contributed by atoms with van der Waals surface area (Å²) in [5, 5.41) is 15.3. The zero-order valence-electron chi connectivity index (χ0n) is 10.9. The first kappa shape index (κ1) is 13.5. The van der Waals surface area contributed by atoms with Crippen molar-refractivity contribution in [1.29, 1.82) is 0 Å². The van der Waals surface area contributed by atoms with Crippen LogP contribution in [0.15, 0.2) is 52.3 Å². The van der Waals surface area contributed by atoms with Crippen molar-refractivity contribution in [2.45, 2.75) is 13.0 Å². The molecule has 1 aromatic heterocycles. The molecule has 3 rings (SSSR count). The molecule has 102 valence electrons. The van der Waals surface area contributed by atoms with E-state index < -0.39 is 0 Å². The van der Waals surface area contributed by atoms with E-state index >= 15 is 0 Å². The Kier molecular flexibility index (Phi) is 3.68. The fourth-order valence-electron chi connectivity index (χ4n) is 2.28. The Labute approximate surface area is 130 Å². The van der Waals surface area contributed by atoms with Crippen molar-refractivity contribution in [1.82, 2.24) is 0 Å². The lowest BCUT2D eigenvalue weighted by Crippen LogP contribution is -2.05. The van der Waals surface area contributed by atoms with Crippen LogP contribution in [0.5, 0.6) is 5.75 Å². The summed E-state index contributed by atoms with van der Waals surface area (Å²) in [6.45, 7) is 2.14. The molecule has 1 atom stereocenters. The van der Waals surface area contributed by atoms with Crippen molar-refractivity contribution in [2.75, 3.05) is 5.32 Å². The van der Waals surface area contributed by atoms with E-state index in [0.29, 0.717) is 5.75 Å². The molecule has 20 heavy (non-hydrogen) atoms. The molecule has 0 saturated carbocycles. The molecule has 0 amide bonds. The summed E-state index contributed by atoms with van der Waals surface area (Å²) in [5.74, 6) is 0.317. The molecule has 0 spiro atoms. The number of phenolic OH excluding ortho intramolecular Hbond substituents is 1. The van der Waals surface area contributed by atoms with E-state index in [1.54, 1.807) is 17.4 Å². The largest absolute Gasteiger partial charge is 0.507 e. The van der Waals surface area contributed by atoms with Crippen LogP contribution in [0, 0.1) is 0 Å². The van der Waals surface area contributed by atoms with Gasteiger partial charge in [0.15, 0.2) is 0 Å². The normalized spacial score (nSPS) is 12.5. The van der Waals surface area contributed by atoms with Crippen LogP contribution >= 0.6 is 27.3 Å². The smallest absolute Gasteiger partial charge is 0.123 e. The third kappa shape index (κ3) is 2.53. The summed E-state index contributed by atoms with van der Waals surface area (Å²) in [5.41, 5.74) is 1.04. The highest BCUT2D eigenvalue weighted by atomic mass is 79.9. The summed E-state index contributed by atoms with van der Waals surface area (Å²) in [7, 11) is 0. The number of aromatic hydroxyl groups is 1. The Morgan fingerprint density at radius 2 is 1.80 bits per heavy atom. The average molecular weight is 348 g/mol. The van der Waals surface area contributed by atoms with Gasteiger partial charge in [0, 0.05) is 21.3 Å². The van der Waals surface area contributed by atoms with Crippen molar-refractivity contribution in [3.05, 3.63) is 57.2 Å². The van der Waals surface area contributed by atoms with Gasteiger partial charge in [-0.1, -0.05) is 24.3 Å². The summed E-state index contributed by atoms with van der Waals surface area (Å²) >= 11 is 5.22. The van der Waals surface area contributed by atoms with Crippen LogP contribution in [-0.2, 0) is 0 Å². The summed E-state index contributed by atoms with van der Waals surface area (Å²) in [6, 6.07) is 15.9. The number of hydrogen-bond donors (Lipinski definition) is 2. The van der Waals surface area contributed by atoms with E-state index in [-0.39, 0.29) is 6.04 Å². The number of halogens is 1. The lowest BCUT2D eigenvalue weighted by Gasteiger charge is -2.16. The van der Waals surface area contributed by atoms with Crippen molar-refractivity contribution >= 4 is 43.7 Å². The fraction of sp³-hybridized carbons (Fsp3) is 0.125. The maximum atomic E-state index is 9.92. The number of nitrogens with one attached hydrogen (secondary N) is 1. The molecule has 0 aliphatic carbocycles. The molecule has 0 aliphatic rings. The Bertz CT molecular complexity index is 753. The van der Waals surface area contributed by atoms with Crippen LogP contribution in [0.3, 0.4) is 0 Å². The molecular formula is C16H14BrNOS. The van der Waals surface area contributed by atoms with Gasteiger partial charge in [-0.2, -0.15) is 0 Å². The van der Waals surface area contributed by atoms with Gasteiger partial charge in [0.05, 0.1) is 9.83 Å². The van der Waals surface area contributed by atoms with Crippen LogP contribution in [0.1, 0.15) is 17.8 Å². The molecule has 3 aromatic rings. The van der Waals surface area contributed by atoms with Crippen LogP contribution < -0.4 is 5.32 Å². The minimum absolute atomic E-state index is 0.222. The van der Waals surface area contributed by atoms with E-state index in [1.165, 1.54) is 4.88 Å². The third-order valence-corrected chi connectivity index (χ3v) is 5.10. The van der Waals surface area contributed by atoms with Gasteiger partial charge in [0.25, 0.3) is 0 Å². The predicted molar refractivity (Wildman–Crippen MR) is 89.7 cm³/mol. The van der Waals surface area contributed by atoms with Gasteiger partial charge in [-0.25, -0.2) is 0 Å². The Balaban J connectivity index is 1.97. The van der Waals surface area contributed by atoms with E-state index in [2.05, 4.69) is 40.3 Å². The summed E-state index contributed by atoms with van der Waals surface area (Å²) in [4.78, 5) is 1.27. The van der Waals surface area contributed by atoms with Crippen LogP contribution in [0.4, 0.5) is 5.69 Å². The topological polar surface area (TPSA) is 32.3 Å². The zero-order valence-corrected chi connectivity index (χ0v) is 13.3. The molecule has 2 N–H and O–H groups in total. The molecule has 1 heterocycles. The van der Waals surface area contributed by atoms with Crippen LogP contribution in [0.25, 0.3) is 10.8 Å². The van der Waals surface area contributed by atoms with Crippen molar-refractivity contribution in [3.63, 3.8) is 0 Å². The molecular weight excluding hydrogens is 334 g/mol. The monoisotopic (exact) mass is 347 g/mol. The number of thiophene rings is 1. The maximum Gasteiger partial charge on any atom is 0.123 e. The van der Waals surface area contributed by atoms with E-state index in [9.17, 15) is 5.11 Å². The first-order valence-electron chi connectivity index (χ1n) is 6.37. The molecule has 0 saturated heterocycles. The lowest BCUT2D eigenvalue weighted by atomic mass is 10.1. The van der Waals surface area contributed by atoms with E-state index in [0.717, 1.165) is 20.2 Å². The Hall–Kier alpha value is -1.52. The highest BCUT2D eigenvalue weighted by Crippen LogP contribution is 2.33. The number of phenols is 1. The molecule has 2 aromatic carbocycles. The summed E-state index contributed by atoms with van der Waals surface area (Å²) in [6.07, 6.45) is 0. The molecule has 4 heteroatoms. The Morgan fingerprint density at radius 3 is 2.55 bits per heavy atom. The number of rotatable bonds is 3. The van der Waals surface area contributed by atoms with Gasteiger partial charge in [-0.05, 0) is 47.1 Å². The first-order valence-corrected chi connectivity index (χ1v) is 7.98. The number of hydrogen-bond acceptors (Lipinski definition) is 3. The average Bonchev–Trinajstić information content (AvgIpc) is 2.87. The van der Waals surface area contributed by atoms with Crippen molar-refractivity contribution < 1.29 is 5.11 Å². The molecule has 0 radical (unpaired) electrons. The molecule has 0 aliphatic heterocycles. The molecule has 2 nitrogen and oxygen atoms in total. The first-order chi connectivity index (χ1) is 9.65. The second-order valence-electron chi connectivity index (χ2n) is 4.69. The number of anilines is 1. The van der Waals surface area contributed by atoms with E-state index in [4.69, 9.17) is 0 Å². The second-order valence-corrected chi connectivity index (χ2v) is 7.18. The predicted octanol–water partition coefficient (Wildman–Crippen LogP) is 5.54. The number of benzene rings is 2. The highest BCUT2D eigenvalue weighted by Gasteiger charge is 2.10. The lowest BCUT2D eigenvalue weighted by molar-refractivity contribution is 0.481. The van der Waals surface area contributed by atoms with Crippen LogP contribution in [0.2, 0.25) is 0 Å². The molecule has 0 bridgehead atoms. The van der Waals surface area contributed by atoms with Crippen LogP contribution in [-0.4, -0.2) is 5.11 Å². The maximum absolute atomic E-state index is 9.92. The standard InChI is InChI=1S/C16H14BrNOS/c1-10(15-8-9-16(17)20-15)18-13-6-2-5-12-11(13)4-3-7-14(12)19/h2-10,18-19H,1H3. The van der Waals surface area contributed by atoms with Gasteiger partial charge in [0.1, 0.15) is 5.75 Å². The minimum Gasteiger partial charge on any atom is -0.507 e. The highest BCUT2D eigenvalue weighted by molar-refractivity contribution is 9.11. The Morgan fingerprint density at radius 1 is 1.05 bits per heavy atom. The van der Waals surface area contributed by atoms with Gasteiger partial charge in [-0.3, -0.25) is 0 Å². The third-order valence-electron chi connectivity index (χ3n) is 3.29. The second kappa shape index (κ2) is 5.46. The zero-order chi connectivity index (χ0) is 14.1. The van der Waals surface area contributed by atoms with Crippen molar-refractivity contribution in [2.24, 2.45) is 0 Å². The quantitative estimate of drug-likeness (QED) is 0.651. The van der Waals surface area contributed by atoms with Gasteiger partial charge >= 0.3 is 0 Å². The number of fused-ring (bicyclic) bond motifs is 1. The van der Waals surface area contributed by atoms with E-state index in [1.807, 2.05) is 30.3 Å². The minimum atomic E-state index is 0.222. The molecule has 0 fully saturated rings. The van der Waals surface area contributed by atoms with Gasteiger partial charge in [-0.15, -0.1) is 11.3 Å². The SMILES string of the molecule is CC(Nc1cccc2c(O)cccc12)c1ccc(Br)s1. The fourth-order valence-corrected chi connectivity index (χ4v) is 3.71. The molecule has 1 unspecified atom stereocenters.